The summed E-state index contributed by atoms with van der Waals surface area (Å²) in [5.41, 5.74) is 6.07. The number of benzene rings is 1. The number of carbonyl (C=O) groups is 1. The van der Waals surface area contributed by atoms with Gasteiger partial charge in [-0.15, -0.1) is 0 Å². The fraction of sp³-hybridized carbons (Fsp3) is 0.533. The third-order valence-electron chi connectivity index (χ3n) is 3.91. The molecule has 0 radical (unpaired) electrons. The van der Waals surface area contributed by atoms with Crippen LogP contribution >= 0.6 is 0 Å². The number of hydrogen-bond acceptors (Lipinski definition) is 3. The zero-order chi connectivity index (χ0) is 14.5. The summed E-state index contributed by atoms with van der Waals surface area (Å²) in [4.78, 5) is 12.0. The van der Waals surface area contributed by atoms with E-state index in [9.17, 15) is 9.18 Å². The smallest absolute Gasteiger partial charge is 0.254 e. The van der Waals surface area contributed by atoms with Crippen LogP contribution in [0.5, 0.6) is 5.75 Å². The van der Waals surface area contributed by atoms with Gasteiger partial charge in [0.05, 0.1) is 12.7 Å². The third kappa shape index (κ3) is 3.48. The van der Waals surface area contributed by atoms with Crippen LogP contribution in [0.15, 0.2) is 18.2 Å². The minimum Gasteiger partial charge on any atom is -0.497 e. The Morgan fingerprint density at radius 1 is 1.45 bits per heavy atom. The fourth-order valence-electron chi connectivity index (χ4n) is 2.62. The van der Waals surface area contributed by atoms with E-state index in [1.165, 1.54) is 19.2 Å². The molecule has 110 valence electrons. The van der Waals surface area contributed by atoms with Gasteiger partial charge in [-0.25, -0.2) is 4.39 Å². The first-order valence-corrected chi connectivity index (χ1v) is 6.99. The number of ether oxygens (including phenoxy) is 1. The van der Waals surface area contributed by atoms with Gasteiger partial charge in [-0.2, -0.15) is 0 Å². The van der Waals surface area contributed by atoms with Crippen molar-refractivity contribution in [3.63, 3.8) is 0 Å². The van der Waals surface area contributed by atoms with E-state index in [1.54, 1.807) is 6.07 Å². The predicted octanol–water partition coefficient (Wildman–Crippen LogP) is 2.08. The Bertz CT molecular complexity index is 479. The second kappa shape index (κ2) is 6.70. The number of rotatable bonds is 4. The van der Waals surface area contributed by atoms with E-state index in [4.69, 9.17) is 10.5 Å². The Morgan fingerprint density at radius 2 is 2.20 bits per heavy atom. The molecule has 2 rings (SSSR count). The van der Waals surface area contributed by atoms with E-state index >= 15 is 0 Å². The van der Waals surface area contributed by atoms with E-state index in [2.05, 4.69) is 5.32 Å². The highest BCUT2D eigenvalue weighted by atomic mass is 19.1. The van der Waals surface area contributed by atoms with Crippen molar-refractivity contribution in [1.82, 2.24) is 5.32 Å². The van der Waals surface area contributed by atoms with Crippen molar-refractivity contribution in [2.45, 2.75) is 31.7 Å². The largest absolute Gasteiger partial charge is 0.497 e. The lowest BCUT2D eigenvalue weighted by Crippen LogP contribution is -2.41. The van der Waals surface area contributed by atoms with Crippen LogP contribution < -0.4 is 15.8 Å². The van der Waals surface area contributed by atoms with Crippen LogP contribution in [-0.2, 0) is 0 Å². The second-order valence-corrected chi connectivity index (χ2v) is 5.26. The first kappa shape index (κ1) is 14.8. The van der Waals surface area contributed by atoms with Crippen molar-refractivity contribution in [1.29, 1.82) is 0 Å². The highest BCUT2D eigenvalue weighted by Crippen LogP contribution is 2.22. The molecule has 1 saturated carbocycles. The highest BCUT2D eigenvalue weighted by Gasteiger charge is 2.22. The first-order chi connectivity index (χ1) is 9.61. The molecule has 2 unspecified atom stereocenters. The Hall–Kier alpha value is -1.62. The van der Waals surface area contributed by atoms with Gasteiger partial charge in [0.15, 0.2) is 0 Å². The molecule has 1 aliphatic rings. The van der Waals surface area contributed by atoms with Crippen molar-refractivity contribution < 1.29 is 13.9 Å². The van der Waals surface area contributed by atoms with Gasteiger partial charge in [0, 0.05) is 18.7 Å². The van der Waals surface area contributed by atoms with Gasteiger partial charge in [0.2, 0.25) is 0 Å². The molecule has 0 bridgehead atoms. The molecule has 2 atom stereocenters. The van der Waals surface area contributed by atoms with Crippen molar-refractivity contribution in [2.24, 2.45) is 11.7 Å². The van der Waals surface area contributed by atoms with Crippen LogP contribution in [0, 0.1) is 11.7 Å². The summed E-state index contributed by atoms with van der Waals surface area (Å²) in [5.74, 6) is -0.292. The molecule has 0 aliphatic heterocycles. The Kier molecular flexibility index (Phi) is 4.95. The zero-order valence-electron chi connectivity index (χ0n) is 11.7. The lowest BCUT2D eigenvalue weighted by Gasteiger charge is -2.28. The number of methoxy groups -OCH3 is 1. The number of nitrogens with two attached hydrogens (primary N) is 1. The molecule has 4 nitrogen and oxygen atoms in total. The molecule has 1 aliphatic carbocycles. The van der Waals surface area contributed by atoms with E-state index in [0.29, 0.717) is 12.3 Å². The topological polar surface area (TPSA) is 64.3 Å². The summed E-state index contributed by atoms with van der Waals surface area (Å²) in [6, 6.07) is 4.35. The molecule has 1 aromatic rings. The van der Waals surface area contributed by atoms with Crippen LogP contribution in [0.3, 0.4) is 0 Å². The standard InChI is InChI=1S/C15H21FN2O2/c1-20-11-6-7-12(13(16)8-11)15(19)18-9-10-4-2-3-5-14(10)17/h6-8,10,14H,2-5,9,17H2,1H3,(H,18,19). The SMILES string of the molecule is COc1ccc(C(=O)NCC2CCCCC2N)c(F)c1. The first-order valence-electron chi connectivity index (χ1n) is 6.99. The Labute approximate surface area is 118 Å². The maximum Gasteiger partial charge on any atom is 0.254 e. The lowest BCUT2D eigenvalue weighted by atomic mass is 9.85. The molecule has 0 heterocycles. The number of hydrogen-bond donors (Lipinski definition) is 2. The van der Waals surface area contributed by atoms with Crippen LogP contribution in [-0.4, -0.2) is 25.6 Å². The maximum atomic E-state index is 13.8. The molecule has 3 N–H and O–H groups in total. The molecule has 20 heavy (non-hydrogen) atoms. The van der Waals surface area contributed by atoms with Crippen LogP contribution in [0.2, 0.25) is 0 Å². The lowest BCUT2D eigenvalue weighted by molar-refractivity contribution is 0.0937. The average Bonchev–Trinajstić information content (AvgIpc) is 2.46. The average molecular weight is 280 g/mol. The van der Waals surface area contributed by atoms with Crippen molar-refractivity contribution in [3.8, 4) is 5.75 Å². The van der Waals surface area contributed by atoms with Gasteiger partial charge in [-0.3, -0.25) is 4.79 Å². The molecule has 5 heteroatoms. The van der Waals surface area contributed by atoms with Crippen LogP contribution in [0.4, 0.5) is 4.39 Å². The minimum atomic E-state index is -0.574. The van der Waals surface area contributed by atoms with E-state index in [-0.39, 0.29) is 17.5 Å². The number of nitrogens with one attached hydrogen (secondary N) is 1. The van der Waals surface area contributed by atoms with Crippen molar-refractivity contribution in [2.75, 3.05) is 13.7 Å². The van der Waals surface area contributed by atoms with Gasteiger partial charge < -0.3 is 15.8 Å². The third-order valence-corrected chi connectivity index (χ3v) is 3.91. The maximum absolute atomic E-state index is 13.8. The van der Waals surface area contributed by atoms with Crippen molar-refractivity contribution in [3.05, 3.63) is 29.6 Å². The summed E-state index contributed by atoms with van der Waals surface area (Å²) in [6.07, 6.45) is 4.31. The van der Waals surface area contributed by atoms with Gasteiger partial charge in [0.1, 0.15) is 11.6 Å². The van der Waals surface area contributed by atoms with Gasteiger partial charge in [0.25, 0.3) is 5.91 Å². The van der Waals surface area contributed by atoms with Gasteiger partial charge in [-0.05, 0) is 30.9 Å². The zero-order valence-corrected chi connectivity index (χ0v) is 11.7. The van der Waals surface area contributed by atoms with E-state index in [1.807, 2.05) is 0 Å². The summed E-state index contributed by atoms with van der Waals surface area (Å²) >= 11 is 0. The quantitative estimate of drug-likeness (QED) is 0.887. The van der Waals surface area contributed by atoms with E-state index in [0.717, 1.165) is 25.7 Å². The predicted molar refractivity (Wildman–Crippen MR) is 75.2 cm³/mol. The van der Waals surface area contributed by atoms with Gasteiger partial charge >= 0.3 is 0 Å². The summed E-state index contributed by atoms with van der Waals surface area (Å²) < 4.78 is 18.7. The molecule has 1 amide bonds. The van der Waals surface area contributed by atoms with E-state index < -0.39 is 11.7 Å². The number of halogens is 1. The summed E-state index contributed by atoms with van der Waals surface area (Å²) in [7, 11) is 1.46. The van der Waals surface area contributed by atoms with Gasteiger partial charge in [-0.1, -0.05) is 12.8 Å². The second-order valence-electron chi connectivity index (χ2n) is 5.26. The van der Waals surface area contributed by atoms with Crippen molar-refractivity contribution >= 4 is 5.91 Å². The number of carbonyl (C=O) groups excluding carboxylic acids is 1. The number of amides is 1. The highest BCUT2D eigenvalue weighted by molar-refractivity contribution is 5.94. The van der Waals surface area contributed by atoms with Crippen LogP contribution in [0.25, 0.3) is 0 Å². The minimum absolute atomic E-state index is 0.0372. The monoisotopic (exact) mass is 280 g/mol. The Morgan fingerprint density at radius 3 is 2.85 bits per heavy atom. The molecule has 1 aromatic carbocycles. The Balaban J connectivity index is 1.94. The normalized spacial score (nSPS) is 22.4. The molecule has 1 fully saturated rings. The summed E-state index contributed by atoms with van der Waals surface area (Å²) in [6.45, 7) is 0.505. The summed E-state index contributed by atoms with van der Waals surface area (Å²) in [5, 5.41) is 2.78. The molecular weight excluding hydrogens is 259 g/mol. The molecule has 0 aromatic heterocycles. The van der Waals surface area contributed by atoms with Crippen LogP contribution in [0.1, 0.15) is 36.0 Å². The molecule has 0 spiro atoms. The molecule has 0 saturated heterocycles. The molecular formula is C15H21FN2O2. The fourth-order valence-corrected chi connectivity index (χ4v) is 2.62.